The van der Waals surface area contributed by atoms with Crippen LogP contribution < -0.4 is 0 Å². The number of aryl methyl sites for hydroxylation is 2. The van der Waals surface area contributed by atoms with Crippen molar-refractivity contribution in [1.82, 2.24) is 4.90 Å². The number of benzene rings is 1. The minimum Gasteiger partial charge on any atom is -0.333 e. The van der Waals surface area contributed by atoms with Crippen LogP contribution in [0.3, 0.4) is 0 Å². The molecule has 102 valence electrons. The molecule has 2 fully saturated rings. The van der Waals surface area contributed by atoms with E-state index in [1.165, 1.54) is 0 Å². The topological polar surface area (TPSA) is 54.5 Å². The molecule has 2 atom stereocenters. The lowest BCUT2D eigenvalue weighted by Gasteiger charge is -2.27. The predicted molar refractivity (Wildman–Crippen MR) is 72.9 cm³/mol. The smallest absolute Gasteiger partial charge is 0.254 e. The maximum Gasteiger partial charge on any atom is 0.254 e. The minimum atomic E-state index is -2.95. The molecule has 0 spiro atoms. The Morgan fingerprint density at radius 2 is 2.05 bits per heavy atom. The molecule has 0 unspecified atom stereocenters. The summed E-state index contributed by atoms with van der Waals surface area (Å²) in [6, 6.07) is 5.68. The van der Waals surface area contributed by atoms with Crippen molar-refractivity contribution in [3.05, 3.63) is 34.9 Å². The second-order valence-electron chi connectivity index (χ2n) is 5.62. The monoisotopic (exact) mass is 279 g/mol. The van der Waals surface area contributed by atoms with E-state index in [0.717, 1.165) is 11.1 Å². The van der Waals surface area contributed by atoms with Gasteiger partial charge < -0.3 is 4.90 Å². The largest absolute Gasteiger partial charge is 0.333 e. The number of rotatable bonds is 1. The number of hydrogen-bond acceptors (Lipinski definition) is 3. The van der Waals surface area contributed by atoms with E-state index in [9.17, 15) is 13.2 Å². The van der Waals surface area contributed by atoms with Gasteiger partial charge in [0.25, 0.3) is 5.91 Å². The van der Waals surface area contributed by atoms with Crippen molar-refractivity contribution >= 4 is 15.7 Å². The third kappa shape index (κ3) is 1.96. The first-order valence-electron chi connectivity index (χ1n) is 6.48. The van der Waals surface area contributed by atoms with E-state index in [4.69, 9.17) is 0 Å². The highest BCUT2D eigenvalue weighted by Gasteiger charge is 2.50. The second-order valence-corrected chi connectivity index (χ2v) is 7.94. The SMILES string of the molecule is Cc1ccc(C)c(C(=O)N2C[C@H]3C[C@H]2CS3(=O)=O)c1. The minimum absolute atomic E-state index is 0.0244. The highest BCUT2D eigenvalue weighted by atomic mass is 32.2. The summed E-state index contributed by atoms with van der Waals surface area (Å²) in [4.78, 5) is 14.3. The molecule has 0 aromatic heterocycles. The Morgan fingerprint density at radius 1 is 1.32 bits per heavy atom. The third-order valence-electron chi connectivity index (χ3n) is 4.19. The van der Waals surface area contributed by atoms with Crippen molar-refractivity contribution in [3.8, 4) is 0 Å². The van der Waals surface area contributed by atoms with Crippen LogP contribution in [0.15, 0.2) is 18.2 Å². The zero-order valence-corrected chi connectivity index (χ0v) is 11.9. The molecular weight excluding hydrogens is 262 g/mol. The average Bonchev–Trinajstić information content (AvgIpc) is 2.86. The zero-order valence-electron chi connectivity index (χ0n) is 11.1. The molecule has 2 saturated heterocycles. The van der Waals surface area contributed by atoms with Crippen LogP contribution in [0, 0.1) is 13.8 Å². The highest BCUT2D eigenvalue weighted by Crippen LogP contribution is 2.34. The quantitative estimate of drug-likeness (QED) is 0.779. The Bertz CT molecular complexity index is 651. The summed E-state index contributed by atoms with van der Waals surface area (Å²) in [5.74, 6) is 0.109. The molecule has 4 nitrogen and oxygen atoms in total. The Labute approximate surface area is 113 Å². The molecule has 0 radical (unpaired) electrons. The number of carbonyl (C=O) groups excluding carboxylic acids is 1. The highest BCUT2D eigenvalue weighted by molar-refractivity contribution is 7.92. The van der Waals surface area contributed by atoms with Gasteiger partial charge in [-0.2, -0.15) is 0 Å². The number of sulfone groups is 1. The first-order chi connectivity index (χ1) is 8.88. The molecule has 2 heterocycles. The summed E-state index contributed by atoms with van der Waals surface area (Å²) in [5.41, 5.74) is 2.69. The van der Waals surface area contributed by atoms with E-state index in [2.05, 4.69) is 0 Å². The first-order valence-corrected chi connectivity index (χ1v) is 8.20. The van der Waals surface area contributed by atoms with Crippen LogP contribution in [0.5, 0.6) is 0 Å². The van der Waals surface area contributed by atoms with Gasteiger partial charge in [-0.05, 0) is 31.9 Å². The molecule has 19 heavy (non-hydrogen) atoms. The molecule has 1 aromatic rings. The van der Waals surface area contributed by atoms with Crippen LogP contribution in [-0.2, 0) is 9.84 Å². The van der Waals surface area contributed by atoms with Crippen molar-refractivity contribution in [2.75, 3.05) is 12.3 Å². The molecule has 0 aliphatic carbocycles. The Kier molecular flexibility index (Phi) is 2.71. The first kappa shape index (κ1) is 12.7. The average molecular weight is 279 g/mol. The maximum atomic E-state index is 12.6. The molecular formula is C14H17NO3S. The number of carbonyl (C=O) groups is 1. The van der Waals surface area contributed by atoms with Gasteiger partial charge in [0.05, 0.1) is 11.0 Å². The molecule has 1 amide bonds. The normalized spacial score (nSPS) is 27.8. The fraction of sp³-hybridized carbons (Fsp3) is 0.500. The molecule has 2 aliphatic heterocycles. The summed E-state index contributed by atoms with van der Waals surface area (Å²) >= 11 is 0. The summed E-state index contributed by atoms with van der Waals surface area (Å²) in [6.45, 7) is 4.23. The number of amides is 1. The zero-order chi connectivity index (χ0) is 13.8. The van der Waals surface area contributed by atoms with Crippen LogP contribution in [-0.4, -0.2) is 42.8 Å². The molecule has 0 N–H and O–H groups in total. The van der Waals surface area contributed by atoms with Gasteiger partial charge in [0.2, 0.25) is 0 Å². The van der Waals surface area contributed by atoms with E-state index in [-0.39, 0.29) is 23.0 Å². The van der Waals surface area contributed by atoms with E-state index < -0.39 is 9.84 Å². The molecule has 2 aliphatic rings. The fourth-order valence-corrected chi connectivity index (χ4v) is 5.09. The number of likely N-dealkylation sites (tertiary alicyclic amines) is 1. The number of hydrogen-bond donors (Lipinski definition) is 0. The number of fused-ring (bicyclic) bond motifs is 2. The molecule has 5 heteroatoms. The van der Waals surface area contributed by atoms with E-state index in [0.29, 0.717) is 18.5 Å². The Morgan fingerprint density at radius 3 is 2.63 bits per heavy atom. The van der Waals surface area contributed by atoms with Crippen molar-refractivity contribution in [1.29, 1.82) is 0 Å². The lowest BCUT2D eigenvalue weighted by Crippen LogP contribution is -2.44. The van der Waals surface area contributed by atoms with E-state index >= 15 is 0 Å². The van der Waals surface area contributed by atoms with Gasteiger partial charge in [-0.3, -0.25) is 4.79 Å². The van der Waals surface area contributed by atoms with Crippen molar-refractivity contribution in [2.24, 2.45) is 0 Å². The standard InChI is InChI=1S/C14H17NO3S/c1-9-3-4-10(2)13(5-9)14(16)15-7-12-6-11(15)8-19(12,17)18/h3-5,11-12H,6-8H2,1-2H3/t11-,12+/m0/s1. The van der Waals surface area contributed by atoms with Gasteiger partial charge in [0.15, 0.2) is 9.84 Å². The summed E-state index contributed by atoms with van der Waals surface area (Å²) in [6.07, 6.45) is 0.610. The van der Waals surface area contributed by atoms with Crippen LogP contribution in [0.25, 0.3) is 0 Å². The molecule has 0 saturated carbocycles. The van der Waals surface area contributed by atoms with Gasteiger partial charge in [-0.25, -0.2) is 8.42 Å². The number of nitrogens with zero attached hydrogens (tertiary/aromatic N) is 1. The van der Waals surface area contributed by atoms with Crippen molar-refractivity contribution < 1.29 is 13.2 Å². The predicted octanol–water partition coefficient (Wildman–Crippen LogP) is 1.31. The van der Waals surface area contributed by atoms with Crippen LogP contribution >= 0.6 is 0 Å². The Balaban J connectivity index is 1.89. The second kappa shape index (κ2) is 4.07. The molecule has 1 aromatic carbocycles. The summed E-state index contributed by atoms with van der Waals surface area (Å²) in [7, 11) is -2.95. The fourth-order valence-electron chi connectivity index (χ4n) is 3.07. The Hall–Kier alpha value is -1.36. The van der Waals surface area contributed by atoms with Gasteiger partial charge in [-0.15, -0.1) is 0 Å². The van der Waals surface area contributed by atoms with Crippen molar-refractivity contribution in [3.63, 3.8) is 0 Å². The lowest BCUT2D eigenvalue weighted by molar-refractivity contribution is 0.0745. The lowest BCUT2D eigenvalue weighted by atomic mass is 10.0. The maximum absolute atomic E-state index is 12.6. The van der Waals surface area contributed by atoms with E-state index in [1.807, 2.05) is 32.0 Å². The van der Waals surface area contributed by atoms with Crippen molar-refractivity contribution in [2.45, 2.75) is 31.6 Å². The molecule has 3 rings (SSSR count). The van der Waals surface area contributed by atoms with Gasteiger partial charge >= 0.3 is 0 Å². The van der Waals surface area contributed by atoms with Crippen LogP contribution in [0.1, 0.15) is 27.9 Å². The van der Waals surface area contributed by atoms with Gasteiger partial charge in [0.1, 0.15) is 0 Å². The van der Waals surface area contributed by atoms with Crippen LogP contribution in [0.2, 0.25) is 0 Å². The summed E-state index contributed by atoms with van der Waals surface area (Å²) in [5, 5.41) is -0.341. The van der Waals surface area contributed by atoms with Crippen LogP contribution in [0.4, 0.5) is 0 Å². The third-order valence-corrected chi connectivity index (χ3v) is 6.40. The van der Waals surface area contributed by atoms with Gasteiger partial charge in [-0.1, -0.05) is 17.7 Å². The van der Waals surface area contributed by atoms with E-state index in [1.54, 1.807) is 4.90 Å². The molecule has 2 bridgehead atoms. The summed E-state index contributed by atoms with van der Waals surface area (Å²) < 4.78 is 23.4. The van der Waals surface area contributed by atoms with Gasteiger partial charge in [0, 0.05) is 18.2 Å².